The molecule has 0 saturated carbocycles. The van der Waals surface area contributed by atoms with E-state index in [0.717, 1.165) is 44.7 Å². The molecule has 152 valence electrons. The molecular weight excluding hydrogens is 346 g/mol. The molecule has 2 aliphatic heterocycles. The Kier molecular flexibility index (Phi) is 7.70. The Bertz CT molecular complexity index is 556. The van der Waals surface area contributed by atoms with E-state index in [-0.39, 0.29) is 24.3 Å². The lowest BCUT2D eigenvalue weighted by atomic mass is 10.0. The van der Waals surface area contributed by atoms with Gasteiger partial charge in [-0.1, -0.05) is 20.3 Å². The summed E-state index contributed by atoms with van der Waals surface area (Å²) in [5, 5.41) is 3.11. The summed E-state index contributed by atoms with van der Waals surface area (Å²) in [6, 6.07) is 4.10. The minimum atomic E-state index is -0.190. The number of nitrogens with zero attached hydrogens (tertiary/aromatic N) is 2. The summed E-state index contributed by atoms with van der Waals surface area (Å²) in [5.41, 5.74) is 0. The van der Waals surface area contributed by atoms with Crippen LogP contribution in [0.4, 0.5) is 0 Å². The third-order valence-electron chi connectivity index (χ3n) is 5.59. The van der Waals surface area contributed by atoms with Crippen molar-refractivity contribution in [2.75, 3.05) is 45.9 Å². The van der Waals surface area contributed by atoms with Gasteiger partial charge in [0.15, 0.2) is 6.29 Å². The Morgan fingerprint density at radius 2 is 2.07 bits per heavy atom. The smallest absolute Gasteiger partial charge is 0.234 e. The van der Waals surface area contributed by atoms with Gasteiger partial charge >= 0.3 is 0 Å². The number of furan rings is 1. The molecule has 0 radical (unpaired) electrons. The zero-order valence-corrected chi connectivity index (χ0v) is 16.6. The molecule has 3 heterocycles. The number of ether oxygens (including phenoxy) is 2. The Morgan fingerprint density at radius 1 is 1.30 bits per heavy atom. The van der Waals surface area contributed by atoms with Gasteiger partial charge in [-0.05, 0) is 44.6 Å². The maximum Gasteiger partial charge on any atom is 0.234 e. The number of amides is 1. The summed E-state index contributed by atoms with van der Waals surface area (Å²) in [7, 11) is 0. The van der Waals surface area contributed by atoms with Crippen LogP contribution in [0.15, 0.2) is 22.8 Å². The number of likely N-dealkylation sites (N-methyl/N-ethyl adjacent to an activating group) is 1. The molecule has 2 atom stereocenters. The van der Waals surface area contributed by atoms with Crippen LogP contribution in [0.3, 0.4) is 0 Å². The van der Waals surface area contributed by atoms with Gasteiger partial charge in [-0.25, -0.2) is 0 Å². The van der Waals surface area contributed by atoms with Crippen LogP contribution in [0.25, 0.3) is 0 Å². The summed E-state index contributed by atoms with van der Waals surface area (Å²) in [6.45, 7) is 9.21. The van der Waals surface area contributed by atoms with Gasteiger partial charge in [0.1, 0.15) is 5.76 Å². The van der Waals surface area contributed by atoms with Crippen molar-refractivity contribution in [3.63, 3.8) is 0 Å². The second-order valence-electron chi connectivity index (χ2n) is 7.20. The monoisotopic (exact) mass is 379 g/mol. The Labute approximate surface area is 162 Å². The lowest BCUT2D eigenvalue weighted by Crippen LogP contribution is -2.51. The molecule has 1 N–H and O–H groups in total. The van der Waals surface area contributed by atoms with Gasteiger partial charge in [0, 0.05) is 6.54 Å². The van der Waals surface area contributed by atoms with Crippen LogP contribution in [0.2, 0.25) is 0 Å². The second kappa shape index (κ2) is 10.2. The highest BCUT2D eigenvalue weighted by Gasteiger charge is 2.34. The first-order valence-electron chi connectivity index (χ1n) is 10.2. The molecular formula is C20H33N3O4. The third kappa shape index (κ3) is 5.31. The van der Waals surface area contributed by atoms with Gasteiger partial charge in [0.05, 0.1) is 38.1 Å². The van der Waals surface area contributed by atoms with Crippen LogP contribution in [-0.4, -0.2) is 74.0 Å². The molecule has 3 rings (SSSR count). The van der Waals surface area contributed by atoms with Gasteiger partial charge < -0.3 is 19.2 Å². The lowest BCUT2D eigenvalue weighted by molar-refractivity contribution is -0.131. The lowest BCUT2D eigenvalue weighted by Gasteiger charge is -2.37. The van der Waals surface area contributed by atoms with Crippen LogP contribution in [0, 0.1) is 0 Å². The molecule has 27 heavy (non-hydrogen) atoms. The van der Waals surface area contributed by atoms with Crippen molar-refractivity contribution in [1.29, 1.82) is 0 Å². The van der Waals surface area contributed by atoms with Gasteiger partial charge in [-0.3, -0.25) is 14.6 Å². The number of nitrogens with one attached hydrogen (secondary N) is 1. The average molecular weight is 380 g/mol. The molecule has 2 aliphatic rings. The van der Waals surface area contributed by atoms with Crippen LogP contribution >= 0.6 is 0 Å². The summed E-state index contributed by atoms with van der Waals surface area (Å²) in [5.74, 6) is 0.936. The maximum atomic E-state index is 12.7. The van der Waals surface area contributed by atoms with Crippen molar-refractivity contribution >= 4 is 5.91 Å². The van der Waals surface area contributed by atoms with Crippen molar-refractivity contribution in [1.82, 2.24) is 15.1 Å². The van der Waals surface area contributed by atoms with Gasteiger partial charge in [0.2, 0.25) is 5.91 Å². The van der Waals surface area contributed by atoms with Crippen molar-refractivity contribution in [2.45, 2.75) is 51.5 Å². The number of piperidine rings is 1. The zero-order valence-electron chi connectivity index (χ0n) is 16.6. The molecule has 1 aromatic heterocycles. The minimum absolute atomic E-state index is 0.0450. The molecule has 2 saturated heterocycles. The number of likely N-dealkylation sites (tertiary alicyclic amines) is 1. The predicted octanol–water partition coefficient (Wildman–Crippen LogP) is 2.01. The molecule has 7 nitrogen and oxygen atoms in total. The van der Waals surface area contributed by atoms with E-state index in [1.165, 1.54) is 0 Å². The summed E-state index contributed by atoms with van der Waals surface area (Å²) in [4.78, 5) is 17.2. The van der Waals surface area contributed by atoms with E-state index >= 15 is 0 Å². The topological polar surface area (TPSA) is 67.2 Å². The molecule has 0 bridgehead atoms. The van der Waals surface area contributed by atoms with Crippen molar-refractivity contribution < 1.29 is 18.7 Å². The standard InChI is InChI=1S/C20H33N3O4/c1-3-22(4-2)17(18-9-7-11-25-18)14-21-19(24)15-23-10-6-5-8-16(23)20-26-12-13-27-20/h7,9,11,16-17,20H,3-6,8,10,12-15H2,1-2H3,(H,21,24). The number of hydrogen-bond donors (Lipinski definition) is 1. The number of carbonyl (C=O) groups is 1. The number of carbonyl (C=O) groups excluding carboxylic acids is 1. The van der Waals surface area contributed by atoms with Crippen molar-refractivity contribution in [2.24, 2.45) is 0 Å². The van der Waals surface area contributed by atoms with Gasteiger partial charge in [-0.15, -0.1) is 0 Å². The first-order valence-corrected chi connectivity index (χ1v) is 10.2. The molecule has 0 aliphatic carbocycles. The molecule has 1 aromatic rings. The first kappa shape index (κ1) is 20.3. The fraction of sp³-hybridized carbons (Fsp3) is 0.750. The normalized spacial score (nSPS) is 23.0. The third-order valence-corrected chi connectivity index (χ3v) is 5.59. The van der Waals surface area contributed by atoms with E-state index in [1.54, 1.807) is 6.26 Å². The molecule has 7 heteroatoms. The average Bonchev–Trinajstić information content (AvgIpc) is 3.39. The Morgan fingerprint density at radius 3 is 2.74 bits per heavy atom. The van der Waals surface area contributed by atoms with E-state index in [2.05, 4.69) is 29.0 Å². The van der Waals surface area contributed by atoms with E-state index in [1.807, 2.05) is 12.1 Å². The Hall–Kier alpha value is -1.41. The summed E-state index contributed by atoms with van der Waals surface area (Å²) >= 11 is 0. The van der Waals surface area contributed by atoms with Crippen molar-refractivity contribution in [3.8, 4) is 0 Å². The van der Waals surface area contributed by atoms with Crippen LogP contribution < -0.4 is 5.32 Å². The quantitative estimate of drug-likeness (QED) is 0.708. The minimum Gasteiger partial charge on any atom is -0.468 e. The molecule has 2 fully saturated rings. The summed E-state index contributed by atoms with van der Waals surface area (Å²) in [6.07, 6.45) is 4.80. The zero-order chi connectivity index (χ0) is 19.1. The number of rotatable bonds is 9. The van der Waals surface area contributed by atoms with Crippen LogP contribution in [-0.2, 0) is 14.3 Å². The van der Waals surface area contributed by atoms with Crippen LogP contribution in [0.1, 0.15) is 44.9 Å². The first-order chi connectivity index (χ1) is 13.2. The fourth-order valence-electron chi connectivity index (χ4n) is 4.13. The number of hydrogen-bond acceptors (Lipinski definition) is 6. The largest absolute Gasteiger partial charge is 0.468 e. The second-order valence-corrected chi connectivity index (χ2v) is 7.20. The molecule has 0 aromatic carbocycles. The van der Waals surface area contributed by atoms with Gasteiger partial charge in [0.25, 0.3) is 0 Å². The highest BCUT2D eigenvalue weighted by atomic mass is 16.7. The van der Waals surface area contributed by atoms with Gasteiger partial charge in [-0.2, -0.15) is 0 Å². The summed E-state index contributed by atoms with van der Waals surface area (Å²) < 4.78 is 17.0. The van der Waals surface area contributed by atoms with Crippen LogP contribution in [0.5, 0.6) is 0 Å². The highest BCUT2D eigenvalue weighted by molar-refractivity contribution is 5.78. The SMILES string of the molecule is CCN(CC)C(CNC(=O)CN1CCCCC1C1OCCO1)c1ccco1. The highest BCUT2D eigenvalue weighted by Crippen LogP contribution is 2.24. The van der Waals surface area contributed by atoms with Crippen molar-refractivity contribution in [3.05, 3.63) is 24.2 Å². The molecule has 1 amide bonds. The van der Waals surface area contributed by atoms with E-state index in [9.17, 15) is 4.79 Å². The van der Waals surface area contributed by atoms with E-state index < -0.39 is 0 Å². The molecule has 0 spiro atoms. The Balaban J connectivity index is 1.55. The maximum absolute atomic E-state index is 12.7. The predicted molar refractivity (Wildman–Crippen MR) is 102 cm³/mol. The van der Waals surface area contributed by atoms with E-state index in [4.69, 9.17) is 13.9 Å². The molecule has 2 unspecified atom stereocenters. The van der Waals surface area contributed by atoms with E-state index in [0.29, 0.717) is 26.3 Å². The fourth-order valence-corrected chi connectivity index (χ4v) is 4.13.